The number of fused-ring (bicyclic) bond motifs is 3. The highest BCUT2D eigenvalue weighted by Gasteiger charge is 2.60. The summed E-state index contributed by atoms with van der Waals surface area (Å²) in [5.74, 6) is 0.304. The van der Waals surface area contributed by atoms with E-state index in [0.717, 1.165) is 48.5 Å². The molecule has 1 unspecified atom stereocenters. The minimum atomic E-state index is -4.83. The number of piperidine rings is 2. The highest BCUT2D eigenvalue weighted by molar-refractivity contribution is 7.81. The number of benzene rings is 1. The van der Waals surface area contributed by atoms with Crippen molar-refractivity contribution in [3.05, 3.63) is 47.3 Å². The van der Waals surface area contributed by atoms with Gasteiger partial charge >= 0.3 is 12.3 Å². The van der Waals surface area contributed by atoms with Crippen molar-refractivity contribution >= 4 is 40.7 Å². The molecule has 2 amide bonds. The number of anilines is 2. The zero-order valence-corrected chi connectivity index (χ0v) is 28.3. The van der Waals surface area contributed by atoms with Crippen LogP contribution in [0.3, 0.4) is 0 Å². The number of alkyl halides is 3. The first-order chi connectivity index (χ1) is 22.7. The number of amides is 2. The SMILES string of the molecule is CCc1cc(N2C(=S)N(c3cnc(C#N)c(C(F)(F)F)c3)C(=O)C23CCC3)ccc1OCCN1C[C@@H]2CCC1CN2C(=O)OC(C)(C)C. The molecule has 0 radical (unpaired) electrons. The molecule has 0 N–H and O–H groups in total. The number of thiocarbonyl (C=S) groups is 1. The number of ether oxygens (including phenoxy) is 2. The van der Waals surface area contributed by atoms with Gasteiger partial charge in [0.2, 0.25) is 0 Å². The van der Waals surface area contributed by atoms with Gasteiger partial charge in [-0.05, 0) is 101 Å². The van der Waals surface area contributed by atoms with Crippen LogP contribution in [-0.4, -0.2) is 81.4 Å². The number of aromatic nitrogens is 1. The second-order valence-corrected chi connectivity index (χ2v) is 14.2. The number of piperazine rings is 1. The van der Waals surface area contributed by atoms with Crippen LogP contribution in [0, 0.1) is 11.3 Å². The third kappa shape index (κ3) is 6.07. The van der Waals surface area contributed by atoms with Gasteiger partial charge in [0, 0.05) is 37.4 Å². The van der Waals surface area contributed by atoms with E-state index in [1.165, 1.54) is 6.07 Å². The largest absolute Gasteiger partial charge is 0.492 e. The van der Waals surface area contributed by atoms with E-state index in [1.54, 1.807) is 4.90 Å². The number of carbonyl (C=O) groups is 2. The first-order valence-corrected chi connectivity index (χ1v) is 16.7. The van der Waals surface area contributed by atoms with Crippen LogP contribution < -0.4 is 14.5 Å². The number of hydrogen-bond acceptors (Lipinski definition) is 8. The smallest absolute Gasteiger partial charge is 0.419 e. The summed E-state index contributed by atoms with van der Waals surface area (Å²) in [6.07, 6.45) is 0.387. The summed E-state index contributed by atoms with van der Waals surface area (Å²) in [5, 5.41) is 9.25. The first-order valence-electron chi connectivity index (χ1n) is 16.3. The summed E-state index contributed by atoms with van der Waals surface area (Å²) in [6.45, 7) is 10.2. The Morgan fingerprint density at radius 1 is 1.12 bits per heavy atom. The fraction of sp³-hybridized carbons (Fsp3) is 0.559. The Morgan fingerprint density at radius 3 is 2.44 bits per heavy atom. The number of hydrogen-bond donors (Lipinski definition) is 0. The number of carbonyl (C=O) groups excluding carboxylic acids is 2. The molecule has 48 heavy (non-hydrogen) atoms. The fourth-order valence-electron chi connectivity index (χ4n) is 7.22. The molecule has 256 valence electrons. The van der Waals surface area contributed by atoms with Crippen LogP contribution in [0.15, 0.2) is 30.5 Å². The highest BCUT2D eigenvalue weighted by atomic mass is 32.1. The van der Waals surface area contributed by atoms with Gasteiger partial charge in [-0.15, -0.1) is 0 Å². The van der Waals surface area contributed by atoms with Gasteiger partial charge in [0.15, 0.2) is 10.8 Å². The maximum Gasteiger partial charge on any atom is 0.419 e. The van der Waals surface area contributed by atoms with Crippen molar-refractivity contribution in [1.29, 1.82) is 5.26 Å². The number of nitrogens with zero attached hydrogens (tertiary/aromatic N) is 6. The molecular formula is C34H39F3N6O4S. The van der Waals surface area contributed by atoms with Crippen LogP contribution in [0.4, 0.5) is 29.3 Å². The predicted molar refractivity (Wildman–Crippen MR) is 176 cm³/mol. The van der Waals surface area contributed by atoms with Crippen LogP contribution in [0.1, 0.15) is 76.6 Å². The molecule has 2 bridgehead atoms. The van der Waals surface area contributed by atoms with Gasteiger partial charge < -0.3 is 19.3 Å². The molecule has 2 atom stereocenters. The third-order valence-electron chi connectivity index (χ3n) is 9.73. The fourth-order valence-corrected chi connectivity index (χ4v) is 7.69. The average Bonchev–Trinajstić information content (AvgIpc) is 3.26. The molecule has 10 nitrogen and oxygen atoms in total. The second-order valence-electron chi connectivity index (χ2n) is 13.8. The monoisotopic (exact) mass is 684 g/mol. The van der Waals surface area contributed by atoms with Crippen molar-refractivity contribution < 1.29 is 32.2 Å². The van der Waals surface area contributed by atoms with Gasteiger partial charge in [-0.1, -0.05) is 6.92 Å². The van der Waals surface area contributed by atoms with Crippen LogP contribution >= 0.6 is 12.2 Å². The van der Waals surface area contributed by atoms with Crippen LogP contribution in [0.5, 0.6) is 5.75 Å². The molecule has 4 saturated heterocycles. The van der Waals surface area contributed by atoms with E-state index < -0.39 is 34.5 Å². The van der Waals surface area contributed by atoms with E-state index in [0.29, 0.717) is 50.4 Å². The standard InChI is InChI=1S/C34H39F3N6O4S/c1-5-21-15-22(9-10-28(21)46-14-13-40-19-24-8-7-23(40)20-41(24)31(45)47-32(2,3)4)43-30(48)42(29(44)33(43)11-6-12-33)25-16-26(34(35,36)37)27(17-38)39-18-25/h9-10,15-16,18,23-24H,5-8,11-14,19-20H2,1-4H3/t23?,24-/m0/s1. The van der Waals surface area contributed by atoms with Crippen LogP contribution in [0.2, 0.25) is 0 Å². The van der Waals surface area contributed by atoms with E-state index in [-0.39, 0.29) is 29.0 Å². The molecule has 5 fully saturated rings. The molecule has 1 aromatic heterocycles. The van der Waals surface area contributed by atoms with Crippen molar-refractivity contribution in [3.63, 3.8) is 0 Å². The Labute approximate surface area is 283 Å². The second kappa shape index (κ2) is 12.5. The lowest BCUT2D eigenvalue weighted by Gasteiger charge is -2.51. The topological polar surface area (TPSA) is 102 Å². The van der Waals surface area contributed by atoms with Crippen LogP contribution in [-0.2, 0) is 22.1 Å². The quantitative estimate of drug-likeness (QED) is 0.322. The third-order valence-corrected chi connectivity index (χ3v) is 10.1. The Balaban J connectivity index is 1.16. The average molecular weight is 685 g/mol. The predicted octanol–water partition coefficient (Wildman–Crippen LogP) is 6.06. The molecule has 1 saturated carbocycles. The van der Waals surface area contributed by atoms with Gasteiger partial charge in [-0.3, -0.25) is 14.6 Å². The van der Waals surface area contributed by atoms with E-state index in [1.807, 2.05) is 50.8 Å². The van der Waals surface area contributed by atoms with Crippen LogP contribution in [0.25, 0.3) is 0 Å². The normalized spacial score (nSPS) is 22.2. The first kappa shape index (κ1) is 33.9. The minimum Gasteiger partial charge on any atom is -0.492 e. The molecule has 5 heterocycles. The van der Waals surface area contributed by atoms with E-state index in [4.69, 9.17) is 21.7 Å². The summed E-state index contributed by atoms with van der Waals surface area (Å²) < 4.78 is 53.1. The van der Waals surface area contributed by atoms with E-state index in [9.17, 15) is 28.0 Å². The molecule has 1 spiro atoms. The Hall–Kier alpha value is -3.96. The summed E-state index contributed by atoms with van der Waals surface area (Å²) >= 11 is 5.77. The van der Waals surface area contributed by atoms with Gasteiger partial charge in [0.05, 0.1) is 17.4 Å². The molecule has 4 aliphatic heterocycles. The molecular weight excluding hydrogens is 645 g/mol. The molecule has 14 heteroatoms. The number of pyridine rings is 1. The van der Waals surface area contributed by atoms with Gasteiger partial charge in [-0.2, -0.15) is 18.4 Å². The maximum absolute atomic E-state index is 13.9. The van der Waals surface area contributed by atoms with Crippen molar-refractivity contribution in [3.8, 4) is 11.8 Å². The summed E-state index contributed by atoms with van der Waals surface area (Å²) in [4.78, 5) is 37.4. The van der Waals surface area contributed by atoms with Crippen molar-refractivity contribution in [2.75, 3.05) is 36.0 Å². The molecule has 7 rings (SSSR count). The molecule has 1 aromatic carbocycles. The number of nitriles is 1. The zero-order chi connectivity index (χ0) is 34.6. The van der Waals surface area contributed by atoms with Crippen molar-refractivity contribution in [2.24, 2.45) is 0 Å². The lowest BCUT2D eigenvalue weighted by Crippen LogP contribution is -2.64. The molecule has 5 aliphatic rings. The van der Waals surface area contributed by atoms with Gasteiger partial charge in [-0.25, -0.2) is 9.78 Å². The Morgan fingerprint density at radius 2 is 1.85 bits per heavy atom. The van der Waals surface area contributed by atoms with E-state index >= 15 is 0 Å². The lowest BCUT2D eigenvalue weighted by atomic mass is 9.75. The molecule has 2 aromatic rings. The summed E-state index contributed by atoms with van der Waals surface area (Å²) in [5.41, 5.74) is -2.08. The maximum atomic E-state index is 13.9. The molecule has 1 aliphatic carbocycles. The Bertz CT molecular complexity index is 1670. The number of aryl methyl sites for hydroxylation is 1. The van der Waals surface area contributed by atoms with Crippen molar-refractivity contribution in [1.82, 2.24) is 14.8 Å². The van der Waals surface area contributed by atoms with Gasteiger partial charge in [0.1, 0.15) is 29.6 Å². The van der Waals surface area contributed by atoms with Crippen molar-refractivity contribution in [2.45, 2.75) is 95.6 Å². The summed E-state index contributed by atoms with van der Waals surface area (Å²) in [6, 6.07) is 8.21. The van der Waals surface area contributed by atoms with E-state index in [2.05, 4.69) is 9.88 Å². The number of rotatable bonds is 7. The van der Waals surface area contributed by atoms with Gasteiger partial charge in [0.25, 0.3) is 5.91 Å². The highest BCUT2D eigenvalue weighted by Crippen LogP contribution is 2.49. The number of halogens is 3. The lowest BCUT2D eigenvalue weighted by molar-refractivity contribution is -0.138. The summed E-state index contributed by atoms with van der Waals surface area (Å²) in [7, 11) is 0. The Kier molecular flexibility index (Phi) is 8.83. The minimum absolute atomic E-state index is 0.0654. The zero-order valence-electron chi connectivity index (χ0n) is 27.5.